The summed E-state index contributed by atoms with van der Waals surface area (Å²) in [7, 11) is 1.52. The zero-order valence-electron chi connectivity index (χ0n) is 11.3. The number of carbonyl (C=O) groups excluding carboxylic acids is 1. The topological polar surface area (TPSA) is 95.4 Å². The Kier molecular flexibility index (Phi) is 5.23. The van der Waals surface area contributed by atoms with Gasteiger partial charge in [-0.25, -0.2) is 0 Å². The summed E-state index contributed by atoms with van der Waals surface area (Å²) < 4.78 is 0. The van der Waals surface area contributed by atoms with Crippen LogP contribution in [0.25, 0.3) is 0 Å². The van der Waals surface area contributed by atoms with Gasteiger partial charge in [-0.3, -0.25) is 9.59 Å². The van der Waals surface area contributed by atoms with Gasteiger partial charge in [0.15, 0.2) is 11.5 Å². The van der Waals surface area contributed by atoms with Crippen LogP contribution < -0.4 is 10.2 Å². The molecule has 0 aliphatic rings. The highest BCUT2D eigenvalue weighted by Gasteiger charge is 2.15. The summed E-state index contributed by atoms with van der Waals surface area (Å²) in [5.41, 5.74) is 0.230. The van der Waals surface area contributed by atoms with Gasteiger partial charge in [-0.1, -0.05) is 0 Å². The van der Waals surface area contributed by atoms with Crippen molar-refractivity contribution in [1.29, 1.82) is 0 Å². The number of carboxylic acid groups (broad SMARTS) is 1. The van der Waals surface area contributed by atoms with Crippen molar-refractivity contribution in [2.24, 2.45) is 0 Å². The van der Waals surface area contributed by atoms with E-state index in [0.29, 0.717) is 12.4 Å². The van der Waals surface area contributed by atoms with Crippen LogP contribution in [0.3, 0.4) is 0 Å². The van der Waals surface area contributed by atoms with E-state index in [4.69, 9.17) is 5.11 Å². The molecule has 0 spiro atoms. The van der Waals surface area contributed by atoms with E-state index in [1.165, 1.54) is 7.05 Å². The smallest absolute Gasteiger partial charge is 0.305 e. The Morgan fingerprint density at radius 3 is 2.47 bits per heavy atom. The number of amides is 1. The Labute approximate surface area is 111 Å². The van der Waals surface area contributed by atoms with E-state index in [9.17, 15) is 9.59 Å². The number of aliphatic carboxylic acids is 1. The van der Waals surface area contributed by atoms with Gasteiger partial charge in [0.25, 0.3) is 5.91 Å². The molecule has 7 heteroatoms. The Hall–Kier alpha value is -2.18. The van der Waals surface area contributed by atoms with E-state index in [1.54, 1.807) is 12.1 Å². The molecule has 0 bridgehead atoms. The predicted molar refractivity (Wildman–Crippen MR) is 70.2 cm³/mol. The minimum atomic E-state index is -0.861. The van der Waals surface area contributed by atoms with Crippen molar-refractivity contribution in [3.8, 4) is 0 Å². The van der Waals surface area contributed by atoms with Gasteiger partial charge in [0.2, 0.25) is 0 Å². The van der Waals surface area contributed by atoms with Gasteiger partial charge in [0, 0.05) is 19.6 Å². The molecule has 1 aromatic heterocycles. The molecule has 0 aromatic carbocycles. The molecule has 0 unspecified atom stereocenters. The molecule has 0 saturated heterocycles. The minimum absolute atomic E-state index is 0.0249. The van der Waals surface area contributed by atoms with E-state index in [1.807, 2.05) is 18.7 Å². The maximum Gasteiger partial charge on any atom is 0.305 e. The molecule has 1 aromatic rings. The highest BCUT2D eigenvalue weighted by molar-refractivity contribution is 5.91. The number of carbonyl (C=O) groups is 2. The molecule has 104 valence electrons. The summed E-state index contributed by atoms with van der Waals surface area (Å²) >= 11 is 0. The van der Waals surface area contributed by atoms with Crippen LogP contribution in [0.1, 0.15) is 30.8 Å². The van der Waals surface area contributed by atoms with Crippen LogP contribution in [0.5, 0.6) is 0 Å². The normalized spacial score (nSPS) is 10.3. The van der Waals surface area contributed by atoms with E-state index >= 15 is 0 Å². The molecule has 0 saturated carbocycles. The zero-order chi connectivity index (χ0) is 14.4. The molecule has 19 heavy (non-hydrogen) atoms. The predicted octanol–water partition coefficient (Wildman–Crippen LogP) is 0.526. The Balaban J connectivity index is 2.85. The number of nitrogens with zero attached hydrogens (tertiary/aromatic N) is 3. The summed E-state index contributed by atoms with van der Waals surface area (Å²) in [5, 5.41) is 19.0. The third-order valence-electron chi connectivity index (χ3n) is 2.59. The van der Waals surface area contributed by atoms with Crippen LogP contribution in [-0.4, -0.2) is 46.8 Å². The molecule has 0 aliphatic carbocycles. The second-order valence-electron chi connectivity index (χ2n) is 4.29. The van der Waals surface area contributed by atoms with Crippen LogP contribution in [0.15, 0.2) is 12.1 Å². The number of anilines is 1. The first-order valence-corrected chi connectivity index (χ1v) is 6.00. The molecule has 0 aliphatic heterocycles. The molecule has 1 rings (SSSR count). The van der Waals surface area contributed by atoms with Crippen LogP contribution >= 0.6 is 0 Å². The van der Waals surface area contributed by atoms with E-state index in [2.05, 4.69) is 15.5 Å². The molecular weight excluding hydrogens is 248 g/mol. The molecule has 1 heterocycles. The lowest BCUT2D eigenvalue weighted by Gasteiger charge is -2.26. The number of hydrogen-bond donors (Lipinski definition) is 2. The summed E-state index contributed by atoms with van der Waals surface area (Å²) in [6.45, 7) is 4.23. The fraction of sp³-hybridized carbons (Fsp3) is 0.500. The van der Waals surface area contributed by atoms with Gasteiger partial charge in [-0.2, -0.15) is 0 Å². The molecular formula is C12H18N4O3. The van der Waals surface area contributed by atoms with Gasteiger partial charge in [-0.15, -0.1) is 10.2 Å². The van der Waals surface area contributed by atoms with Crippen LogP contribution in [-0.2, 0) is 4.79 Å². The number of nitrogens with one attached hydrogen (secondary N) is 1. The Bertz CT molecular complexity index is 445. The van der Waals surface area contributed by atoms with Crippen molar-refractivity contribution < 1.29 is 14.7 Å². The molecule has 0 atom stereocenters. The summed E-state index contributed by atoms with van der Waals surface area (Å²) in [6.07, 6.45) is 0.0249. The van der Waals surface area contributed by atoms with Crippen molar-refractivity contribution in [3.63, 3.8) is 0 Å². The van der Waals surface area contributed by atoms with Crippen molar-refractivity contribution in [2.75, 3.05) is 18.5 Å². The number of aromatic nitrogens is 2. The van der Waals surface area contributed by atoms with Gasteiger partial charge in [0.05, 0.1) is 6.42 Å². The molecule has 0 fully saturated rings. The number of rotatable bonds is 6. The average molecular weight is 266 g/mol. The SMILES string of the molecule is CNC(=O)c1ccc(N(CCC(=O)O)C(C)C)nn1. The van der Waals surface area contributed by atoms with E-state index in [0.717, 1.165) is 0 Å². The minimum Gasteiger partial charge on any atom is -0.481 e. The lowest BCUT2D eigenvalue weighted by molar-refractivity contribution is -0.136. The fourth-order valence-electron chi connectivity index (χ4n) is 1.58. The summed E-state index contributed by atoms with van der Waals surface area (Å²) in [5.74, 6) is -0.606. The lowest BCUT2D eigenvalue weighted by atomic mass is 10.2. The first kappa shape index (κ1) is 14.9. The van der Waals surface area contributed by atoms with Crippen molar-refractivity contribution in [3.05, 3.63) is 17.8 Å². The molecule has 2 N–H and O–H groups in total. The highest BCUT2D eigenvalue weighted by atomic mass is 16.4. The first-order chi connectivity index (χ1) is 8.95. The van der Waals surface area contributed by atoms with Gasteiger partial charge >= 0.3 is 5.97 Å². The zero-order valence-corrected chi connectivity index (χ0v) is 11.3. The Morgan fingerprint density at radius 2 is 2.05 bits per heavy atom. The first-order valence-electron chi connectivity index (χ1n) is 6.00. The third kappa shape index (κ3) is 4.20. The number of carboxylic acids is 1. The van der Waals surface area contributed by atoms with Crippen LogP contribution in [0.2, 0.25) is 0 Å². The standard InChI is InChI=1S/C12H18N4O3/c1-8(2)16(7-6-11(17)18)10-5-4-9(14-15-10)12(19)13-3/h4-5,8H,6-7H2,1-3H3,(H,13,19)(H,17,18). The van der Waals surface area contributed by atoms with Gasteiger partial charge in [-0.05, 0) is 26.0 Å². The van der Waals surface area contributed by atoms with Crippen LogP contribution in [0, 0.1) is 0 Å². The van der Waals surface area contributed by atoms with Crippen molar-refractivity contribution in [2.45, 2.75) is 26.3 Å². The summed E-state index contributed by atoms with van der Waals surface area (Å²) in [6, 6.07) is 3.33. The van der Waals surface area contributed by atoms with Gasteiger partial charge < -0.3 is 15.3 Å². The monoisotopic (exact) mass is 266 g/mol. The number of hydrogen-bond acceptors (Lipinski definition) is 5. The lowest BCUT2D eigenvalue weighted by Crippen LogP contribution is -2.34. The highest BCUT2D eigenvalue weighted by Crippen LogP contribution is 2.13. The fourth-order valence-corrected chi connectivity index (χ4v) is 1.58. The maximum absolute atomic E-state index is 11.3. The maximum atomic E-state index is 11.3. The second-order valence-corrected chi connectivity index (χ2v) is 4.29. The van der Waals surface area contributed by atoms with Crippen molar-refractivity contribution in [1.82, 2.24) is 15.5 Å². The average Bonchev–Trinajstić information content (AvgIpc) is 2.38. The second kappa shape index (κ2) is 6.67. The summed E-state index contributed by atoms with van der Waals surface area (Å²) in [4.78, 5) is 23.8. The largest absolute Gasteiger partial charge is 0.481 e. The van der Waals surface area contributed by atoms with Crippen molar-refractivity contribution >= 4 is 17.7 Å². The third-order valence-corrected chi connectivity index (χ3v) is 2.59. The van der Waals surface area contributed by atoms with E-state index < -0.39 is 5.97 Å². The Morgan fingerprint density at radius 1 is 1.37 bits per heavy atom. The van der Waals surface area contributed by atoms with Gasteiger partial charge in [0.1, 0.15) is 0 Å². The van der Waals surface area contributed by atoms with E-state index in [-0.39, 0.29) is 24.1 Å². The molecule has 1 amide bonds. The van der Waals surface area contributed by atoms with Crippen LogP contribution in [0.4, 0.5) is 5.82 Å². The molecule has 7 nitrogen and oxygen atoms in total. The quantitative estimate of drug-likeness (QED) is 0.779. The molecule has 0 radical (unpaired) electrons.